The second-order valence-electron chi connectivity index (χ2n) is 38.2. The molecule has 0 aliphatic heterocycles. The molecule has 4 heteroatoms. The molecule has 14 rings (SSSR count). The van der Waals surface area contributed by atoms with Crippen molar-refractivity contribution in [3.8, 4) is 0 Å². The summed E-state index contributed by atoms with van der Waals surface area (Å²) in [6, 6.07) is 60.0. The molecule has 0 unspecified atom stereocenters. The minimum absolute atomic E-state index is 0.159. The third kappa shape index (κ3) is 21.1. The molecule has 4 nitrogen and oxygen atoms in total. The minimum Gasteiger partial charge on any atom is -0.392 e. The van der Waals surface area contributed by atoms with Crippen LogP contribution < -0.4 is 0 Å². The van der Waals surface area contributed by atoms with E-state index >= 15 is 0 Å². The van der Waals surface area contributed by atoms with Crippen LogP contribution in [0.3, 0.4) is 0 Å². The highest BCUT2D eigenvalue weighted by molar-refractivity contribution is 5.44. The van der Waals surface area contributed by atoms with Crippen molar-refractivity contribution in [1.82, 2.24) is 0 Å². The van der Waals surface area contributed by atoms with Crippen molar-refractivity contribution in [2.24, 2.45) is 59.2 Å². The monoisotopic (exact) mass is 1450 g/mol. The summed E-state index contributed by atoms with van der Waals surface area (Å²) in [6.45, 7) is 53.7. The quantitative estimate of drug-likeness (QED) is 0.140. The second kappa shape index (κ2) is 39.0. The van der Waals surface area contributed by atoms with Gasteiger partial charge in [-0.15, -0.1) is 0 Å². The topological polar surface area (TPSA) is 47.9 Å². The second-order valence-corrected chi connectivity index (χ2v) is 38.2. The van der Waals surface area contributed by atoms with Crippen molar-refractivity contribution in [1.29, 1.82) is 0 Å². The van der Waals surface area contributed by atoms with Crippen LogP contribution >= 0.6 is 0 Å². The van der Waals surface area contributed by atoms with E-state index in [9.17, 15) is 5.11 Å². The van der Waals surface area contributed by atoms with Gasteiger partial charge in [-0.05, 0) is 253 Å². The average molecular weight is 1450 g/mol. The summed E-state index contributed by atoms with van der Waals surface area (Å²) in [4.78, 5) is 0. The number of ether oxygens (including phenoxy) is 3. The van der Waals surface area contributed by atoms with E-state index in [-0.39, 0.29) is 22.9 Å². The Morgan fingerprint density at radius 3 is 1.00 bits per heavy atom. The van der Waals surface area contributed by atoms with Gasteiger partial charge in [0.2, 0.25) is 0 Å². The molecule has 586 valence electrons. The van der Waals surface area contributed by atoms with Crippen molar-refractivity contribution in [2.45, 2.75) is 312 Å². The Morgan fingerprint density at radius 1 is 0.327 bits per heavy atom. The normalized spacial score (nSPS) is 25.8. The van der Waals surface area contributed by atoms with E-state index < -0.39 is 0 Å². The van der Waals surface area contributed by atoms with Gasteiger partial charge in [-0.25, -0.2) is 0 Å². The van der Waals surface area contributed by atoms with Gasteiger partial charge in [0.25, 0.3) is 0 Å². The van der Waals surface area contributed by atoms with Crippen LogP contribution in [0.15, 0.2) is 164 Å². The Balaban J connectivity index is 0.000000158. The Labute approximate surface area is 655 Å². The Hall–Kier alpha value is -5.62. The summed E-state index contributed by atoms with van der Waals surface area (Å²) < 4.78 is 17.3. The van der Waals surface area contributed by atoms with Gasteiger partial charge < -0.3 is 19.3 Å². The summed E-state index contributed by atoms with van der Waals surface area (Å²) in [6.07, 6.45) is 14.9. The molecule has 0 fully saturated rings. The summed E-state index contributed by atoms with van der Waals surface area (Å²) in [7, 11) is 5.55. The lowest BCUT2D eigenvalue weighted by Crippen LogP contribution is -2.39. The van der Waals surface area contributed by atoms with Gasteiger partial charge in [-0.1, -0.05) is 323 Å². The molecule has 7 aromatic rings. The lowest BCUT2D eigenvalue weighted by Gasteiger charge is -2.43. The molecule has 107 heavy (non-hydrogen) atoms. The van der Waals surface area contributed by atoms with Gasteiger partial charge in [-0.3, -0.25) is 0 Å². The molecule has 7 aliphatic rings. The maximum absolute atomic E-state index is 9.23. The molecule has 7 aliphatic carbocycles. The van der Waals surface area contributed by atoms with Gasteiger partial charge in [0.1, 0.15) is 0 Å². The van der Waals surface area contributed by atoms with E-state index in [0.29, 0.717) is 65.7 Å². The van der Waals surface area contributed by atoms with Crippen LogP contribution in [0, 0.1) is 59.2 Å². The van der Waals surface area contributed by atoms with Gasteiger partial charge in [0, 0.05) is 39.1 Å². The lowest BCUT2D eigenvalue weighted by molar-refractivity contribution is 0.0329. The number of hydrogen-bond donors (Lipinski definition) is 1. The van der Waals surface area contributed by atoms with Gasteiger partial charge in [0.05, 0.1) is 24.9 Å². The van der Waals surface area contributed by atoms with E-state index in [1.54, 1.807) is 33.4 Å². The van der Waals surface area contributed by atoms with Crippen molar-refractivity contribution < 1.29 is 19.3 Å². The smallest absolute Gasteiger partial charge is 0.0681 e. The third-order valence-electron chi connectivity index (χ3n) is 26.6. The van der Waals surface area contributed by atoms with Crippen LogP contribution in [0.5, 0.6) is 0 Å². The van der Waals surface area contributed by atoms with Crippen molar-refractivity contribution in [3.63, 3.8) is 0 Å². The number of fused-ring (bicyclic) bond motifs is 7. The molecule has 0 radical (unpaired) electrons. The molecule has 0 saturated carbocycles. The third-order valence-corrected chi connectivity index (χ3v) is 26.6. The number of methoxy groups -OCH3 is 3. The number of aryl methyl sites for hydroxylation is 3. The fourth-order valence-electron chi connectivity index (χ4n) is 21.6. The predicted octanol–water partition coefficient (Wildman–Crippen LogP) is 27.3. The first kappa shape index (κ1) is 87.0. The minimum atomic E-state index is 0.159. The highest BCUT2D eigenvalue weighted by Gasteiger charge is 2.44. The molecule has 13 atom stereocenters. The lowest BCUT2D eigenvalue weighted by atomic mass is 9.65. The molecule has 0 bridgehead atoms. The highest BCUT2D eigenvalue weighted by atomic mass is 16.5. The summed E-state index contributed by atoms with van der Waals surface area (Å²) in [5.41, 5.74) is 23.3. The van der Waals surface area contributed by atoms with Gasteiger partial charge in [0.15, 0.2) is 0 Å². The van der Waals surface area contributed by atoms with Gasteiger partial charge in [-0.2, -0.15) is 0 Å². The standard InChI is InChI=1S/3C16H24O.C15H22O.C14H20.2C13H18/c3*1-11(2)15-12-8-6-7-9-13(12)16(3,4)10-14(15)17-5;1-10(2)15-11(3)4-6-13-7-5-12(9-16)8-14(13)15;1-10(2)14-11(3)8-9-12-6-4-5-7-13(12)14;1-9(2)13-10(3)8-11-6-4-5-7-12(11)13;1-10(2)12-9-5-7-11-6-3-4-8-13(11)12/h3*6-9,11,14-15H,10H2,1-5H3;5,7-8,10-11,15-16H,4,6,9H2,1-3H3;4-7,10-11,14H,8-9H2,1-3H3;4-7,9-10,13H,8H2,1-3H3;3-4,6,8,10,12H,5,7,9H2,1-2H3/t3*14-,15+;11-,15-;11-,14-;10-,13-;12-/m1100001/s1. The van der Waals surface area contributed by atoms with Crippen molar-refractivity contribution >= 4 is 0 Å². The molecule has 0 heterocycles. The average Bonchev–Trinajstić information content (AvgIpc) is 1.55. The fraction of sp³-hybridized carbons (Fsp3) is 0.592. The number of benzene rings is 7. The molecule has 7 aromatic carbocycles. The van der Waals surface area contributed by atoms with E-state index in [4.69, 9.17) is 14.2 Å². The predicted molar refractivity (Wildman–Crippen MR) is 460 cm³/mol. The molecule has 0 saturated heterocycles. The van der Waals surface area contributed by atoms with Crippen LogP contribution in [0.2, 0.25) is 0 Å². The Morgan fingerprint density at radius 2 is 0.636 bits per heavy atom. The molecular weight excluding hydrogens is 1300 g/mol. The number of aliphatic hydroxyl groups excluding tert-OH is 1. The molecule has 0 aromatic heterocycles. The first-order valence-electron chi connectivity index (χ1n) is 42.6. The van der Waals surface area contributed by atoms with Crippen LogP contribution in [-0.2, 0) is 62.7 Å². The molecule has 1 N–H and O–H groups in total. The van der Waals surface area contributed by atoms with E-state index in [1.807, 2.05) is 21.3 Å². The maximum Gasteiger partial charge on any atom is 0.0681 e. The molecule has 0 spiro atoms. The summed E-state index contributed by atoms with van der Waals surface area (Å²) in [5, 5.41) is 9.23. The fourth-order valence-corrected chi connectivity index (χ4v) is 21.6. The summed E-state index contributed by atoms with van der Waals surface area (Å²) in [5.74, 6) is 12.0. The number of aliphatic hydroxyl groups is 1. The SMILES string of the molecule is CC(C)[C@@H]1c2cc(CO)ccc2CC[C@@H]1C.CC(C)[C@@H]1c2ccccc2CC[C@@H]1C.CC(C)[C@@H]1c2ccccc2C[C@@H]1C.CC(C)[C@H]1CCCc2ccccc21.CO[C@@H]1CC(C)(C)c2ccccc2[C@@H]1C(C)C.CO[C@@H]1CC(C)(C)c2ccccc2[C@@H]1C(C)C.CO[C@H]1CC(C)(C)c2ccccc2[C@H]1C(C)C. The van der Waals surface area contributed by atoms with Crippen LogP contribution in [0.1, 0.15) is 329 Å². The Bertz CT molecular complexity index is 3650. The van der Waals surface area contributed by atoms with Crippen LogP contribution in [0.25, 0.3) is 0 Å². The van der Waals surface area contributed by atoms with Crippen LogP contribution in [-0.4, -0.2) is 44.7 Å². The first-order valence-corrected chi connectivity index (χ1v) is 42.6. The molecule has 0 amide bonds. The number of rotatable bonds is 11. The van der Waals surface area contributed by atoms with Crippen molar-refractivity contribution in [3.05, 3.63) is 247 Å². The van der Waals surface area contributed by atoms with E-state index in [2.05, 4.69) is 323 Å². The van der Waals surface area contributed by atoms with E-state index in [0.717, 1.165) is 78.1 Å². The van der Waals surface area contributed by atoms with Gasteiger partial charge >= 0.3 is 0 Å². The largest absolute Gasteiger partial charge is 0.392 e. The van der Waals surface area contributed by atoms with Crippen molar-refractivity contribution in [2.75, 3.05) is 21.3 Å². The van der Waals surface area contributed by atoms with Crippen LogP contribution in [0.4, 0.5) is 0 Å². The highest BCUT2D eigenvalue weighted by Crippen LogP contribution is 2.51. The zero-order chi connectivity index (χ0) is 78.4. The molecular formula is C103H150O4. The zero-order valence-electron chi connectivity index (χ0n) is 72.3. The Kier molecular flexibility index (Phi) is 31.7. The maximum atomic E-state index is 9.23. The van der Waals surface area contributed by atoms with E-state index in [1.165, 1.54) is 95.9 Å². The number of hydrogen-bond acceptors (Lipinski definition) is 4. The zero-order valence-corrected chi connectivity index (χ0v) is 72.3. The first-order chi connectivity index (χ1) is 50.7. The summed E-state index contributed by atoms with van der Waals surface area (Å²) >= 11 is 0.